The standard InChI is InChI=1S/C28H37N5O10S2/c1-8-9-15(16-12-45-25(30-16)32-26(39)43-28(5,6)7)19(34)31-17-20(35)33-18(14(10-40-24(29)38)11-44-21(17)33)22(36)41-13-42-23(37)27(2,3)4/h9,12,17,21H,8,10-11,13H2,1-7H3,(H2,29,38)(H,31,34)(H,30,32,39)/b15-9-/t17-,21?/m1/s1. The summed E-state index contributed by atoms with van der Waals surface area (Å²) in [6.07, 6.45) is 0.332. The quantitative estimate of drug-likeness (QED) is 0.108. The second-order valence-corrected chi connectivity index (χ2v) is 13.8. The number of carbonyl (C=O) groups excluding carboxylic acids is 6. The Morgan fingerprint density at radius 1 is 1.11 bits per heavy atom. The molecule has 2 atom stereocenters. The van der Waals surface area contributed by atoms with Crippen molar-refractivity contribution in [2.45, 2.75) is 71.9 Å². The Labute approximate surface area is 268 Å². The van der Waals surface area contributed by atoms with Gasteiger partial charge in [0, 0.05) is 16.7 Å². The minimum Gasteiger partial charge on any atom is -0.445 e. The summed E-state index contributed by atoms with van der Waals surface area (Å²) in [5.41, 5.74) is 4.07. The fourth-order valence-electron chi connectivity index (χ4n) is 3.94. The molecule has 2 aliphatic rings. The highest BCUT2D eigenvalue weighted by molar-refractivity contribution is 8.00. The molecule has 0 radical (unpaired) electrons. The number of nitrogens with zero attached hydrogens (tertiary/aromatic N) is 2. The summed E-state index contributed by atoms with van der Waals surface area (Å²) in [4.78, 5) is 80.7. The first-order chi connectivity index (χ1) is 20.9. The third-order valence-electron chi connectivity index (χ3n) is 5.95. The van der Waals surface area contributed by atoms with E-state index >= 15 is 0 Å². The van der Waals surface area contributed by atoms with Crippen LogP contribution in [0, 0.1) is 5.41 Å². The van der Waals surface area contributed by atoms with Crippen molar-refractivity contribution in [2.75, 3.05) is 24.5 Å². The zero-order valence-corrected chi connectivity index (χ0v) is 27.6. The number of allylic oxidation sites excluding steroid dienone is 1. The van der Waals surface area contributed by atoms with Crippen molar-refractivity contribution < 1.29 is 47.7 Å². The predicted octanol–water partition coefficient (Wildman–Crippen LogP) is 3.12. The molecule has 17 heteroatoms. The van der Waals surface area contributed by atoms with Crippen LogP contribution in [-0.4, -0.2) is 82.0 Å². The molecule has 1 aromatic rings. The molecular weight excluding hydrogens is 630 g/mol. The van der Waals surface area contributed by atoms with Crippen LogP contribution in [0.1, 0.15) is 60.6 Å². The summed E-state index contributed by atoms with van der Waals surface area (Å²) < 4.78 is 20.2. The van der Waals surface area contributed by atoms with Crippen LogP contribution in [0.3, 0.4) is 0 Å². The SMILES string of the molecule is CC/C=C(\C(=O)N[C@@H]1C(=O)N2C(C(=O)OCOC(=O)C(C)(C)C)=C(COC(N)=O)CSC12)c1csc(NC(=O)OC(C)(C)C)n1. The molecule has 0 saturated carbocycles. The maximum absolute atomic E-state index is 13.4. The number of anilines is 1. The normalized spacial score (nSPS) is 18.3. The first kappa shape index (κ1) is 35.4. The van der Waals surface area contributed by atoms with Crippen LogP contribution in [0.4, 0.5) is 14.7 Å². The number of amides is 4. The molecule has 0 spiro atoms. The molecular formula is C28H37N5O10S2. The van der Waals surface area contributed by atoms with Gasteiger partial charge in [-0.2, -0.15) is 0 Å². The number of carbonyl (C=O) groups is 6. The first-order valence-electron chi connectivity index (χ1n) is 13.8. The molecule has 1 unspecified atom stereocenters. The number of β-lactam (4-membered cyclic amide) rings is 1. The number of thiazole rings is 1. The highest BCUT2D eigenvalue weighted by Crippen LogP contribution is 2.41. The molecule has 246 valence electrons. The number of fused-ring (bicyclic) bond motifs is 1. The number of primary amides is 1. The van der Waals surface area contributed by atoms with Crippen molar-refractivity contribution in [1.82, 2.24) is 15.2 Å². The predicted molar refractivity (Wildman–Crippen MR) is 164 cm³/mol. The molecule has 15 nitrogen and oxygen atoms in total. The third-order valence-corrected chi connectivity index (χ3v) is 8.05. The van der Waals surface area contributed by atoms with E-state index < -0.39 is 65.2 Å². The van der Waals surface area contributed by atoms with E-state index in [4.69, 9.17) is 24.7 Å². The molecule has 1 fully saturated rings. The minimum atomic E-state index is -1.08. The van der Waals surface area contributed by atoms with Gasteiger partial charge in [-0.3, -0.25) is 24.6 Å². The molecule has 0 aromatic carbocycles. The van der Waals surface area contributed by atoms with Gasteiger partial charge in [0.2, 0.25) is 6.79 Å². The molecule has 4 amide bonds. The molecule has 45 heavy (non-hydrogen) atoms. The van der Waals surface area contributed by atoms with Gasteiger partial charge in [-0.15, -0.1) is 23.1 Å². The van der Waals surface area contributed by atoms with Crippen LogP contribution in [0.15, 0.2) is 22.7 Å². The summed E-state index contributed by atoms with van der Waals surface area (Å²) in [7, 11) is 0. The molecule has 0 bridgehead atoms. The first-order valence-corrected chi connectivity index (χ1v) is 15.8. The molecule has 3 heterocycles. The second-order valence-electron chi connectivity index (χ2n) is 11.8. The van der Waals surface area contributed by atoms with Crippen molar-refractivity contribution in [1.29, 1.82) is 0 Å². The largest absolute Gasteiger partial charge is 0.445 e. The zero-order valence-electron chi connectivity index (χ0n) is 26.0. The average molecular weight is 668 g/mol. The number of ether oxygens (including phenoxy) is 4. The Kier molecular flexibility index (Phi) is 11.3. The van der Waals surface area contributed by atoms with E-state index in [-0.39, 0.29) is 40.0 Å². The van der Waals surface area contributed by atoms with Crippen LogP contribution in [-0.2, 0) is 38.1 Å². The van der Waals surface area contributed by atoms with E-state index in [1.165, 1.54) is 11.8 Å². The maximum Gasteiger partial charge on any atom is 0.413 e. The van der Waals surface area contributed by atoms with E-state index in [0.29, 0.717) is 6.42 Å². The number of rotatable bonds is 10. The summed E-state index contributed by atoms with van der Waals surface area (Å²) in [6.45, 7) is 10.8. The van der Waals surface area contributed by atoms with Gasteiger partial charge in [0.15, 0.2) is 5.13 Å². The van der Waals surface area contributed by atoms with Crippen molar-refractivity contribution >= 4 is 69.7 Å². The monoisotopic (exact) mass is 667 g/mol. The smallest absolute Gasteiger partial charge is 0.413 e. The number of thioether (sulfide) groups is 1. The van der Waals surface area contributed by atoms with E-state index in [1.807, 2.05) is 6.92 Å². The van der Waals surface area contributed by atoms with Gasteiger partial charge < -0.3 is 30.0 Å². The number of nitrogens with two attached hydrogens (primary N) is 1. The average Bonchev–Trinajstić information content (AvgIpc) is 3.38. The van der Waals surface area contributed by atoms with Crippen LogP contribution >= 0.6 is 23.1 Å². The van der Waals surface area contributed by atoms with Crippen LogP contribution < -0.4 is 16.4 Å². The van der Waals surface area contributed by atoms with Gasteiger partial charge in [0.25, 0.3) is 11.8 Å². The lowest BCUT2D eigenvalue weighted by atomic mass is 9.98. The summed E-state index contributed by atoms with van der Waals surface area (Å²) in [5, 5.41) is 6.36. The minimum absolute atomic E-state index is 0.143. The second kappa shape index (κ2) is 14.3. The fraction of sp³-hybridized carbons (Fsp3) is 0.536. The molecule has 0 aliphatic carbocycles. The van der Waals surface area contributed by atoms with Gasteiger partial charge >= 0.3 is 24.1 Å². The highest BCUT2D eigenvalue weighted by Gasteiger charge is 2.54. The van der Waals surface area contributed by atoms with E-state index in [0.717, 1.165) is 16.2 Å². The van der Waals surface area contributed by atoms with E-state index in [2.05, 4.69) is 15.6 Å². The van der Waals surface area contributed by atoms with Gasteiger partial charge in [-0.25, -0.2) is 19.4 Å². The van der Waals surface area contributed by atoms with E-state index in [9.17, 15) is 28.8 Å². The topological polar surface area (TPSA) is 206 Å². The van der Waals surface area contributed by atoms with Crippen LogP contribution in [0.25, 0.3) is 5.57 Å². The maximum atomic E-state index is 13.4. The highest BCUT2D eigenvalue weighted by atomic mass is 32.2. The van der Waals surface area contributed by atoms with Crippen molar-refractivity contribution in [2.24, 2.45) is 11.1 Å². The van der Waals surface area contributed by atoms with Gasteiger partial charge in [-0.05, 0) is 48.0 Å². The van der Waals surface area contributed by atoms with Crippen LogP contribution in [0.2, 0.25) is 0 Å². The number of esters is 2. The number of aromatic nitrogens is 1. The number of hydrogen-bond acceptors (Lipinski definition) is 13. The molecule has 3 rings (SSSR count). The Morgan fingerprint density at radius 2 is 1.80 bits per heavy atom. The Bertz CT molecular complexity index is 1420. The number of hydrogen-bond donors (Lipinski definition) is 3. The molecule has 1 aromatic heterocycles. The summed E-state index contributed by atoms with van der Waals surface area (Å²) in [5.74, 6) is -2.65. The zero-order chi connectivity index (χ0) is 33.7. The van der Waals surface area contributed by atoms with Crippen molar-refractivity contribution in [3.8, 4) is 0 Å². The van der Waals surface area contributed by atoms with E-state index in [1.54, 1.807) is 53.0 Å². The van der Waals surface area contributed by atoms with Gasteiger partial charge in [0.05, 0.1) is 16.7 Å². The number of nitrogens with one attached hydrogen (secondary N) is 2. The lowest BCUT2D eigenvalue weighted by Crippen LogP contribution is -2.70. The molecule has 4 N–H and O–H groups in total. The fourth-order valence-corrected chi connectivity index (χ4v) is 5.97. The van der Waals surface area contributed by atoms with Crippen molar-refractivity contribution in [3.05, 3.63) is 28.4 Å². The van der Waals surface area contributed by atoms with Crippen LogP contribution in [0.5, 0.6) is 0 Å². The van der Waals surface area contributed by atoms with Crippen molar-refractivity contribution in [3.63, 3.8) is 0 Å². The molecule has 1 saturated heterocycles. The third kappa shape index (κ3) is 9.20. The Morgan fingerprint density at radius 3 is 2.40 bits per heavy atom. The lowest BCUT2D eigenvalue weighted by molar-refractivity contribution is -0.173. The Hall–Kier alpha value is -4.12. The van der Waals surface area contributed by atoms with Gasteiger partial charge in [0.1, 0.15) is 29.3 Å². The lowest BCUT2D eigenvalue weighted by Gasteiger charge is -2.49. The Balaban J connectivity index is 1.74. The van der Waals surface area contributed by atoms with Gasteiger partial charge in [-0.1, -0.05) is 13.0 Å². The molecule has 2 aliphatic heterocycles. The summed E-state index contributed by atoms with van der Waals surface area (Å²) >= 11 is 2.32. The summed E-state index contributed by atoms with van der Waals surface area (Å²) in [6, 6.07) is -1.01.